The van der Waals surface area contributed by atoms with Crippen molar-refractivity contribution in [1.29, 1.82) is 5.26 Å². The summed E-state index contributed by atoms with van der Waals surface area (Å²) in [6, 6.07) is 6.82. The summed E-state index contributed by atoms with van der Waals surface area (Å²) < 4.78 is 27.0. The molecule has 1 aliphatic heterocycles. The molecule has 1 saturated heterocycles. The van der Waals surface area contributed by atoms with E-state index in [0.717, 1.165) is 0 Å². The molecule has 3 rings (SSSR count). The van der Waals surface area contributed by atoms with Crippen molar-refractivity contribution in [3.8, 4) is 6.07 Å². The number of hydrogen-bond acceptors (Lipinski definition) is 5. The van der Waals surface area contributed by atoms with Crippen molar-refractivity contribution in [3.05, 3.63) is 36.2 Å². The number of benzene rings is 1. The minimum atomic E-state index is -3.66. The maximum Gasteiger partial charge on any atom is 0.243 e. The van der Waals surface area contributed by atoms with Crippen molar-refractivity contribution in [2.45, 2.75) is 17.4 Å². The van der Waals surface area contributed by atoms with Gasteiger partial charge in [-0.1, -0.05) is 12.1 Å². The van der Waals surface area contributed by atoms with Gasteiger partial charge in [0, 0.05) is 42.3 Å². The van der Waals surface area contributed by atoms with Gasteiger partial charge in [0.15, 0.2) is 0 Å². The average molecular weight is 302 g/mol. The monoisotopic (exact) mass is 302 g/mol. The Morgan fingerprint density at radius 3 is 2.86 bits per heavy atom. The van der Waals surface area contributed by atoms with E-state index in [1.54, 1.807) is 18.3 Å². The first-order valence-electron chi connectivity index (χ1n) is 6.56. The van der Waals surface area contributed by atoms with E-state index in [0.29, 0.717) is 30.3 Å². The number of sulfonamides is 1. The summed E-state index contributed by atoms with van der Waals surface area (Å²) in [5, 5.41) is 10.3. The van der Waals surface area contributed by atoms with Crippen molar-refractivity contribution < 1.29 is 8.42 Å². The van der Waals surface area contributed by atoms with Crippen LogP contribution in [0.5, 0.6) is 0 Å². The van der Waals surface area contributed by atoms with E-state index in [4.69, 9.17) is 5.73 Å². The number of hydrogen-bond donors (Lipinski definition) is 1. The highest BCUT2D eigenvalue weighted by atomic mass is 32.2. The second kappa shape index (κ2) is 5.07. The van der Waals surface area contributed by atoms with Crippen LogP contribution in [0.3, 0.4) is 0 Å². The number of rotatable bonds is 2. The van der Waals surface area contributed by atoms with Crippen molar-refractivity contribution in [3.63, 3.8) is 0 Å². The maximum absolute atomic E-state index is 12.8. The van der Waals surface area contributed by atoms with Crippen LogP contribution in [0.15, 0.2) is 35.5 Å². The fraction of sp³-hybridized carbons (Fsp3) is 0.286. The molecule has 2 aromatic rings. The molecular weight excluding hydrogens is 288 g/mol. The molecule has 2 N–H and O–H groups in total. The van der Waals surface area contributed by atoms with Gasteiger partial charge in [-0.2, -0.15) is 9.57 Å². The fourth-order valence-corrected chi connectivity index (χ4v) is 4.36. The zero-order chi connectivity index (χ0) is 15.0. The number of nitriles is 1. The normalized spacial score (nSPS) is 19.7. The molecule has 0 amide bonds. The summed E-state index contributed by atoms with van der Waals surface area (Å²) in [5.74, 6) is 0. The van der Waals surface area contributed by atoms with E-state index in [1.807, 2.05) is 6.07 Å². The Labute approximate surface area is 122 Å². The summed E-state index contributed by atoms with van der Waals surface area (Å²) in [6.45, 7) is 0.721. The summed E-state index contributed by atoms with van der Waals surface area (Å²) in [5.41, 5.74) is 6.06. The van der Waals surface area contributed by atoms with Crippen LogP contribution in [-0.2, 0) is 10.0 Å². The van der Waals surface area contributed by atoms with Gasteiger partial charge in [-0.3, -0.25) is 4.98 Å². The quantitative estimate of drug-likeness (QED) is 0.885. The Morgan fingerprint density at radius 1 is 1.38 bits per heavy atom. The molecule has 2 heterocycles. The standard InChI is InChI=1S/C14H14N4O2S/c15-6-11-8-17-7-10-2-1-3-13(14(10)11)21(19,20)18-5-4-12(16)9-18/h1-3,7-8,12H,4-5,9,16H2/t12-/m1/s1. The molecule has 7 heteroatoms. The topological polar surface area (TPSA) is 100 Å². The minimum absolute atomic E-state index is 0.133. The first-order valence-corrected chi connectivity index (χ1v) is 8.00. The Hall–Kier alpha value is -2.01. The Bertz CT molecular complexity index is 836. The van der Waals surface area contributed by atoms with E-state index >= 15 is 0 Å². The van der Waals surface area contributed by atoms with Crippen molar-refractivity contribution >= 4 is 20.8 Å². The third kappa shape index (κ3) is 2.27. The lowest BCUT2D eigenvalue weighted by Gasteiger charge is -2.17. The third-order valence-electron chi connectivity index (χ3n) is 3.67. The van der Waals surface area contributed by atoms with Crippen LogP contribution in [0.25, 0.3) is 10.8 Å². The molecule has 0 spiro atoms. The Kier molecular flexibility index (Phi) is 3.37. The molecule has 0 saturated carbocycles. The molecule has 1 aliphatic rings. The van der Waals surface area contributed by atoms with Crippen LogP contribution in [0.2, 0.25) is 0 Å². The molecule has 0 bridgehead atoms. The maximum atomic E-state index is 12.8. The van der Waals surface area contributed by atoms with Crippen molar-refractivity contribution in [2.75, 3.05) is 13.1 Å². The smallest absolute Gasteiger partial charge is 0.243 e. The lowest BCUT2D eigenvalue weighted by molar-refractivity contribution is 0.473. The minimum Gasteiger partial charge on any atom is -0.326 e. The number of pyridine rings is 1. The molecule has 6 nitrogen and oxygen atoms in total. The van der Waals surface area contributed by atoms with E-state index in [-0.39, 0.29) is 16.5 Å². The summed E-state index contributed by atoms with van der Waals surface area (Å²) in [7, 11) is -3.66. The Morgan fingerprint density at radius 2 is 2.19 bits per heavy atom. The van der Waals surface area contributed by atoms with Crippen LogP contribution in [0, 0.1) is 11.3 Å². The highest BCUT2D eigenvalue weighted by Crippen LogP contribution is 2.29. The van der Waals surface area contributed by atoms with Gasteiger partial charge in [-0.05, 0) is 12.5 Å². The zero-order valence-electron chi connectivity index (χ0n) is 11.2. The van der Waals surface area contributed by atoms with Crippen molar-refractivity contribution in [2.24, 2.45) is 5.73 Å². The fourth-order valence-electron chi connectivity index (χ4n) is 2.61. The molecule has 1 aromatic carbocycles. The summed E-state index contributed by atoms with van der Waals surface area (Å²) >= 11 is 0. The van der Waals surface area contributed by atoms with E-state index < -0.39 is 10.0 Å². The van der Waals surface area contributed by atoms with E-state index in [9.17, 15) is 13.7 Å². The highest BCUT2D eigenvalue weighted by molar-refractivity contribution is 7.89. The molecule has 0 aliphatic carbocycles. The van der Waals surface area contributed by atoms with Crippen LogP contribution in [-0.4, -0.2) is 36.8 Å². The highest BCUT2D eigenvalue weighted by Gasteiger charge is 2.32. The second-order valence-electron chi connectivity index (χ2n) is 5.06. The van der Waals surface area contributed by atoms with Gasteiger partial charge in [0.25, 0.3) is 0 Å². The first-order chi connectivity index (χ1) is 10.0. The zero-order valence-corrected chi connectivity index (χ0v) is 12.0. The first kappa shape index (κ1) is 13.9. The molecule has 0 unspecified atom stereocenters. The number of nitrogens with zero attached hydrogens (tertiary/aromatic N) is 3. The van der Waals surface area contributed by atoms with Crippen LogP contribution in [0.4, 0.5) is 0 Å². The molecule has 21 heavy (non-hydrogen) atoms. The number of nitrogens with two attached hydrogens (primary N) is 1. The molecule has 1 atom stereocenters. The molecule has 108 valence electrons. The van der Waals surface area contributed by atoms with Crippen LogP contribution >= 0.6 is 0 Å². The average Bonchev–Trinajstić information content (AvgIpc) is 2.93. The predicted molar refractivity (Wildman–Crippen MR) is 77.8 cm³/mol. The van der Waals surface area contributed by atoms with Gasteiger partial charge < -0.3 is 5.73 Å². The number of fused-ring (bicyclic) bond motifs is 1. The van der Waals surface area contributed by atoms with Gasteiger partial charge in [0.1, 0.15) is 6.07 Å². The molecule has 1 aromatic heterocycles. The largest absolute Gasteiger partial charge is 0.326 e. The second-order valence-corrected chi connectivity index (χ2v) is 6.97. The molecule has 1 fully saturated rings. The van der Waals surface area contributed by atoms with E-state index in [1.165, 1.54) is 16.6 Å². The third-order valence-corrected chi connectivity index (χ3v) is 5.58. The van der Waals surface area contributed by atoms with Crippen LogP contribution in [0.1, 0.15) is 12.0 Å². The lowest BCUT2D eigenvalue weighted by Crippen LogP contribution is -2.32. The Balaban J connectivity index is 2.23. The van der Waals surface area contributed by atoms with Gasteiger partial charge in [0.05, 0.1) is 10.5 Å². The van der Waals surface area contributed by atoms with Gasteiger partial charge in [-0.15, -0.1) is 0 Å². The predicted octanol–water partition coefficient (Wildman–Crippen LogP) is 0.828. The summed E-state index contributed by atoms with van der Waals surface area (Å²) in [4.78, 5) is 4.11. The number of aromatic nitrogens is 1. The van der Waals surface area contributed by atoms with Gasteiger partial charge >= 0.3 is 0 Å². The SMILES string of the molecule is N#Cc1cncc2cccc(S(=O)(=O)N3CC[C@@H](N)C3)c12. The lowest BCUT2D eigenvalue weighted by atomic mass is 10.1. The van der Waals surface area contributed by atoms with Gasteiger partial charge in [0.2, 0.25) is 10.0 Å². The van der Waals surface area contributed by atoms with Crippen LogP contribution < -0.4 is 5.73 Å². The molecule has 0 radical (unpaired) electrons. The van der Waals surface area contributed by atoms with Gasteiger partial charge in [-0.25, -0.2) is 8.42 Å². The van der Waals surface area contributed by atoms with Crippen molar-refractivity contribution in [1.82, 2.24) is 9.29 Å². The summed E-state index contributed by atoms with van der Waals surface area (Å²) in [6.07, 6.45) is 3.60. The van der Waals surface area contributed by atoms with E-state index in [2.05, 4.69) is 4.98 Å². The molecular formula is C14H14N4O2S.